The predicted molar refractivity (Wildman–Crippen MR) is 81.2 cm³/mol. The molecule has 1 amide bonds. The zero-order valence-corrected chi connectivity index (χ0v) is 12.6. The molecule has 0 atom stereocenters. The molecule has 0 N–H and O–H groups in total. The minimum Gasteiger partial charge on any atom is -0.273 e. The van der Waals surface area contributed by atoms with E-state index in [-0.39, 0.29) is 11.4 Å². The number of carbonyl (C=O) groups is 1. The van der Waals surface area contributed by atoms with Gasteiger partial charge in [0.25, 0.3) is 0 Å². The highest BCUT2D eigenvalue weighted by atomic mass is 16.2. The summed E-state index contributed by atoms with van der Waals surface area (Å²) in [6.45, 7) is 4.97. The van der Waals surface area contributed by atoms with Gasteiger partial charge in [0.15, 0.2) is 0 Å². The first kappa shape index (κ1) is 15.0. The zero-order valence-electron chi connectivity index (χ0n) is 12.6. The van der Waals surface area contributed by atoms with E-state index in [1.165, 1.54) is 5.56 Å². The summed E-state index contributed by atoms with van der Waals surface area (Å²) in [5.41, 5.74) is 5.62. The first-order chi connectivity index (χ1) is 9.59. The van der Waals surface area contributed by atoms with E-state index in [0.29, 0.717) is 6.42 Å². The lowest BCUT2D eigenvalue weighted by Crippen LogP contribution is -2.45. The zero-order chi connectivity index (χ0) is 14.4. The lowest BCUT2D eigenvalue weighted by atomic mass is 10.0. The van der Waals surface area contributed by atoms with Crippen LogP contribution < -0.4 is 5.43 Å². The third kappa shape index (κ3) is 4.07. The van der Waals surface area contributed by atoms with Crippen molar-refractivity contribution in [2.75, 3.05) is 6.54 Å². The normalized spacial score (nSPS) is 17.4. The summed E-state index contributed by atoms with van der Waals surface area (Å²) in [6.07, 6.45) is 5.93. The molecule has 0 bridgehead atoms. The molecule has 1 fully saturated rings. The van der Waals surface area contributed by atoms with Gasteiger partial charge in [-0.1, -0.05) is 36.8 Å². The first-order valence-corrected chi connectivity index (χ1v) is 7.64. The monoisotopic (exact) mass is 273 g/mol. The second-order valence-corrected chi connectivity index (χ2v) is 6.18. The van der Waals surface area contributed by atoms with Crippen LogP contribution in [0.25, 0.3) is 0 Å². The Morgan fingerprint density at radius 3 is 2.60 bits per heavy atom. The highest BCUT2D eigenvalue weighted by Gasteiger charge is 2.36. The van der Waals surface area contributed by atoms with E-state index in [1.807, 2.05) is 6.07 Å². The van der Waals surface area contributed by atoms with Crippen molar-refractivity contribution in [3.63, 3.8) is 0 Å². The number of benzene rings is 1. The molecule has 3 nitrogen and oxygen atoms in total. The second kappa shape index (κ2) is 6.89. The van der Waals surface area contributed by atoms with E-state index in [1.54, 1.807) is 5.01 Å². The van der Waals surface area contributed by atoms with Gasteiger partial charge in [-0.2, -0.15) is 0 Å². The number of rotatable bonds is 6. The lowest BCUT2D eigenvalue weighted by molar-refractivity contribution is -0.138. The molecule has 0 spiro atoms. The quantitative estimate of drug-likeness (QED) is 0.732. The van der Waals surface area contributed by atoms with Crippen LogP contribution in [0.3, 0.4) is 0 Å². The van der Waals surface area contributed by atoms with Crippen molar-refractivity contribution in [1.29, 1.82) is 0 Å². The Bertz CT molecular complexity index is 428. The molecule has 1 aromatic carbocycles. The van der Waals surface area contributed by atoms with Crippen LogP contribution in [-0.4, -0.2) is 23.0 Å². The minimum atomic E-state index is -0.0822. The van der Waals surface area contributed by atoms with Gasteiger partial charge in [0.05, 0.1) is 5.54 Å². The fourth-order valence-electron chi connectivity index (χ4n) is 2.67. The molecule has 0 aromatic heterocycles. The van der Waals surface area contributed by atoms with E-state index >= 15 is 0 Å². The predicted octanol–water partition coefficient (Wildman–Crippen LogP) is 3.32. The molecular formula is C17H25N2O. The summed E-state index contributed by atoms with van der Waals surface area (Å²) >= 11 is 0. The summed E-state index contributed by atoms with van der Waals surface area (Å²) in [5.74, 6) is 0.187. The van der Waals surface area contributed by atoms with Gasteiger partial charge < -0.3 is 0 Å². The molecule has 2 rings (SSSR count). The van der Waals surface area contributed by atoms with Crippen LogP contribution in [0.4, 0.5) is 0 Å². The van der Waals surface area contributed by atoms with Crippen molar-refractivity contribution in [2.24, 2.45) is 0 Å². The minimum absolute atomic E-state index is 0.0822. The number of hydrogen-bond donors (Lipinski definition) is 0. The van der Waals surface area contributed by atoms with Gasteiger partial charge >= 0.3 is 0 Å². The summed E-state index contributed by atoms with van der Waals surface area (Å²) in [5, 5.41) is 1.71. The van der Waals surface area contributed by atoms with Crippen molar-refractivity contribution < 1.29 is 4.79 Å². The first-order valence-electron chi connectivity index (χ1n) is 7.64. The van der Waals surface area contributed by atoms with Crippen molar-refractivity contribution in [3.05, 3.63) is 35.9 Å². The van der Waals surface area contributed by atoms with E-state index in [2.05, 4.69) is 43.5 Å². The Morgan fingerprint density at radius 2 is 1.95 bits per heavy atom. The fraction of sp³-hybridized carbons (Fsp3) is 0.588. The highest BCUT2D eigenvalue weighted by molar-refractivity contribution is 5.76. The summed E-state index contributed by atoms with van der Waals surface area (Å²) < 4.78 is 0. The molecule has 1 aliphatic rings. The molecule has 0 unspecified atom stereocenters. The number of unbranched alkanes of at least 4 members (excludes halogenated alkanes) is 2. The smallest absolute Gasteiger partial charge is 0.238 e. The number of aryl methyl sites for hydroxylation is 1. The van der Waals surface area contributed by atoms with Gasteiger partial charge in [-0.3, -0.25) is 9.80 Å². The van der Waals surface area contributed by atoms with Gasteiger partial charge in [-0.25, -0.2) is 0 Å². The molecule has 109 valence electrons. The molecule has 20 heavy (non-hydrogen) atoms. The lowest BCUT2D eigenvalue weighted by Gasteiger charge is -2.29. The van der Waals surface area contributed by atoms with E-state index in [0.717, 1.165) is 38.6 Å². The maximum Gasteiger partial charge on any atom is 0.238 e. The van der Waals surface area contributed by atoms with E-state index < -0.39 is 0 Å². The van der Waals surface area contributed by atoms with Gasteiger partial charge in [0.2, 0.25) is 5.91 Å². The van der Waals surface area contributed by atoms with Gasteiger partial charge in [0.1, 0.15) is 0 Å². The average molecular weight is 273 g/mol. The second-order valence-electron chi connectivity index (χ2n) is 6.18. The standard InChI is InChI=1S/C17H25N2O/c1-17(2)13-14-18-19(17)16(20)12-8-4-7-11-15-9-5-3-6-10-15/h3,5-6,9-10H,4,7-8,11-14H2,1-2H3. The summed E-state index contributed by atoms with van der Waals surface area (Å²) in [6, 6.07) is 10.5. The molecule has 1 aromatic rings. The summed E-state index contributed by atoms with van der Waals surface area (Å²) in [4.78, 5) is 12.1. The molecule has 1 radical (unpaired) electrons. The van der Waals surface area contributed by atoms with Crippen molar-refractivity contribution in [1.82, 2.24) is 10.4 Å². The van der Waals surface area contributed by atoms with Crippen LogP contribution in [0.1, 0.15) is 51.5 Å². The number of amides is 1. The SMILES string of the molecule is CC1(C)CC[N]N1C(=O)CCCCCc1ccccc1. The van der Waals surface area contributed by atoms with Crippen LogP contribution in [-0.2, 0) is 11.2 Å². The van der Waals surface area contributed by atoms with Crippen molar-refractivity contribution in [3.8, 4) is 0 Å². The Balaban J connectivity index is 1.63. The summed E-state index contributed by atoms with van der Waals surface area (Å²) in [7, 11) is 0. The highest BCUT2D eigenvalue weighted by Crippen LogP contribution is 2.24. The number of nitrogens with zero attached hydrogens (tertiary/aromatic N) is 2. The molecule has 0 saturated carbocycles. The fourth-order valence-corrected chi connectivity index (χ4v) is 2.67. The number of hydrogen-bond acceptors (Lipinski definition) is 1. The van der Waals surface area contributed by atoms with Crippen LogP contribution in [0.2, 0.25) is 0 Å². The maximum absolute atomic E-state index is 12.1. The number of carbonyl (C=O) groups excluding carboxylic acids is 1. The van der Waals surface area contributed by atoms with Crippen LogP contribution in [0, 0.1) is 0 Å². The van der Waals surface area contributed by atoms with Gasteiger partial charge in [-0.15, -0.1) is 5.43 Å². The Labute approximate surface area is 122 Å². The van der Waals surface area contributed by atoms with E-state index in [4.69, 9.17) is 0 Å². The molecule has 1 aliphatic heterocycles. The van der Waals surface area contributed by atoms with Gasteiger partial charge in [-0.05, 0) is 45.1 Å². The van der Waals surface area contributed by atoms with Crippen LogP contribution in [0.5, 0.6) is 0 Å². The molecule has 1 heterocycles. The van der Waals surface area contributed by atoms with Crippen LogP contribution >= 0.6 is 0 Å². The Kier molecular flexibility index (Phi) is 5.18. The van der Waals surface area contributed by atoms with Crippen LogP contribution in [0.15, 0.2) is 30.3 Å². The molecule has 1 saturated heterocycles. The molecule has 3 heteroatoms. The Hall–Kier alpha value is -1.35. The van der Waals surface area contributed by atoms with E-state index in [9.17, 15) is 4.79 Å². The van der Waals surface area contributed by atoms with Crippen molar-refractivity contribution >= 4 is 5.91 Å². The maximum atomic E-state index is 12.1. The Morgan fingerprint density at radius 1 is 1.20 bits per heavy atom. The van der Waals surface area contributed by atoms with Gasteiger partial charge in [0, 0.05) is 13.0 Å². The molecular weight excluding hydrogens is 248 g/mol. The van der Waals surface area contributed by atoms with Crippen molar-refractivity contribution in [2.45, 2.75) is 57.9 Å². The average Bonchev–Trinajstić information content (AvgIpc) is 2.79. The third-order valence-electron chi connectivity index (χ3n) is 3.97. The molecule has 0 aliphatic carbocycles. The largest absolute Gasteiger partial charge is 0.273 e. The third-order valence-corrected chi connectivity index (χ3v) is 3.97. The topological polar surface area (TPSA) is 34.4 Å².